The fraction of sp³-hybridized carbons (Fsp3) is 0.200. The smallest absolute Gasteiger partial charge is 0.288 e. The van der Waals surface area contributed by atoms with Gasteiger partial charge in [0.05, 0.1) is 6.10 Å². The standard InChI is InChI=1S/C20H18F2N2O2S/c1-13(2)26-18-6-4-3-5-14(18)11-15(12-23)19(25)24-16-7-9-17(10-8-16)27-20(21)22/h3-11,13,20H,1-2H3,(H,24,25)/b15-11+. The number of rotatable bonds is 7. The Morgan fingerprint density at radius 2 is 1.85 bits per heavy atom. The molecule has 0 heterocycles. The van der Waals surface area contributed by atoms with Crippen molar-refractivity contribution in [1.29, 1.82) is 5.26 Å². The van der Waals surface area contributed by atoms with Crippen LogP contribution in [0.4, 0.5) is 14.5 Å². The zero-order chi connectivity index (χ0) is 19.8. The second kappa shape index (κ2) is 9.74. The lowest BCUT2D eigenvalue weighted by Crippen LogP contribution is -2.13. The molecule has 0 atom stereocenters. The quantitative estimate of drug-likeness (QED) is 0.395. The van der Waals surface area contributed by atoms with Crippen LogP contribution >= 0.6 is 11.8 Å². The zero-order valence-electron chi connectivity index (χ0n) is 14.8. The van der Waals surface area contributed by atoms with Crippen molar-refractivity contribution in [2.45, 2.75) is 30.6 Å². The molecular weight excluding hydrogens is 370 g/mol. The molecule has 0 aliphatic carbocycles. The summed E-state index contributed by atoms with van der Waals surface area (Å²) in [4.78, 5) is 12.8. The summed E-state index contributed by atoms with van der Waals surface area (Å²) in [5.41, 5.74) is 0.925. The van der Waals surface area contributed by atoms with Gasteiger partial charge in [0.2, 0.25) is 0 Å². The molecule has 140 valence electrons. The summed E-state index contributed by atoms with van der Waals surface area (Å²) in [6.07, 6.45) is 1.40. The number of alkyl halides is 2. The van der Waals surface area contributed by atoms with Crippen LogP contribution in [0.15, 0.2) is 59.0 Å². The second-order valence-corrected chi connectivity index (χ2v) is 6.79. The van der Waals surface area contributed by atoms with Crippen molar-refractivity contribution in [1.82, 2.24) is 0 Å². The number of amides is 1. The third-order valence-corrected chi connectivity index (χ3v) is 4.01. The van der Waals surface area contributed by atoms with E-state index in [4.69, 9.17) is 4.74 Å². The van der Waals surface area contributed by atoms with Crippen molar-refractivity contribution in [3.05, 3.63) is 59.7 Å². The Kier molecular flexibility index (Phi) is 7.38. The third-order valence-electron chi connectivity index (χ3n) is 3.28. The van der Waals surface area contributed by atoms with Crippen LogP contribution in [-0.2, 0) is 4.79 Å². The molecule has 2 aromatic carbocycles. The van der Waals surface area contributed by atoms with Crippen molar-refractivity contribution in [2.75, 3.05) is 5.32 Å². The monoisotopic (exact) mass is 388 g/mol. The molecule has 0 aliphatic heterocycles. The second-order valence-electron chi connectivity index (χ2n) is 5.73. The zero-order valence-corrected chi connectivity index (χ0v) is 15.6. The number of hydrogen-bond donors (Lipinski definition) is 1. The molecule has 0 unspecified atom stereocenters. The van der Waals surface area contributed by atoms with Crippen LogP contribution < -0.4 is 10.1 Å². The molecule has 4 nitrogen and oxygen atoms in total. The predicted molar refractivity (Wildman–Crippen MR) is 103 cm³/mol. The molecule has 7 heteroatoms. The number of carbonyl (C=O) groups excluding carboxylic acids is 1. The van der Waals surface area contributed by atoms with E-state index in [0.29, 0.717) is 33.7 Å². The summed E-state index contributed by atoms with van der Waals surface area (Å²) in [5.74, 6) is -2.53. The summed E-state index contributed by atoms with van der Waals surface area (Å²) >= 11 is 0.421. The van der Waals surface area contributed by atoms with Crippen LogP contribution in [0.2, 0.25) is 0 Å². The van der Waals surface area contributed by atoms with Gasteiger partial charge in [-0.2, -0.15) is 14.0 Å². The first kappa shape index (κ1) is 20.5. The number of halogens is 2. The SMILES string of the molecule is CC(C)Oc1ccccc1/C=C(\C#N)C(=O)Nc1ccc(SC(F)F)cc1. The van der Waals surface area contributed by atoms with Gasteiger partial charge in [0.1, 0.15) is 17.4 Å². The number of carbonyl (C=O) groups is 1. The van der Waals surface area contributed by atoms with Crippen molar-refractivity contribution in [2.24, 2.45) is 0 Å². The van der Waals surface area contributed by atoms with Gasteiger partial charge < -0.3 is 10.1 Å². The Labute approximate surface area is 160 Å². The minimum atomic E-state index is -2.51. The van der Waals surface area contributed by atoms with E-state index in [1.807, 2.05) is 19.9 Å². The van der Waals surface area contributed by atoms with Crippen molar-refractivity contribution in [3.63, 3.8) is 0 Å². The molecule has 2 aromatic rings. The van der Waals surface area contributed by atoms with E-state index < -0.39 is 11.7 Å². The Hall–Kier alpha value is -2.85. The largest absolute Gasteiger partial charge is 0.490 e. The molecule has 0 fully saturated rings. The lowest BCUT2D eigenvalue weighted by molar-refractivity contribution is -0.112. The summed E-state index contributed by atoms with van der Waals surface area (Å²) < 4.78 is 30.4. The molecule has 0 aliphatic rings. The molecule has 0 bridgehead atoms. The maximum Gasteiger partial charge on any atom is 0.288 e. The first-order valence-electron chi connectivity index (χ1n) is 8.12. The molecule has 0 aromatic heterocycles. The molecule has 1 N–H and O–H groups in total. The van der Waals surface area contributed by atoms with Crippen LogP contribution in [0.1, 0.15) is 19.4 Å². The van der Waals surface area contributed by atoms with Crippen molar-refractivity contribution >= 4 is 29.4 Å². The number of nitrogens with zero attached hydrogens (tertiary/aromatic N) is 1. The fourth-order valence-corrected chi connectivity index (χ4v) is 2.68. The lowest BCUT2D eigenvalue weighted by atomic mass is 10.1. The highest BCUT2D eigenvalue weighted by molar-refractivity contribution is 7.99. The highest BCUT2D eigenvalue weighted by Crippen LogP contribution is 2.26. The highest BCUT2D eigenvalue weighted by Gasteiger charge is 2.12. The topological polar surface area (TPSA) is 62.1 Å². The Bertz CT molecular complexity index is 859. The molecular formula is C20H18F2N2O2S. The van der Waals surface area contributed by atoms with Gasteiger partial charge in [-0.05, 0) is 50.3 Å². The van der Waals surface area contributed by atoms with Crippen molar-refractivity contribution in [3.8, 4) is 11.8 Å². The number of anilines is 1. The van der Waals surface area contributed by atoms with Gasteiger partial charge in [-0.15, -0.1) is 0 Å². The normalized spacial score (nSPS) is 11.4. The summed E-state index contributed by atoms with van der Waals surface area (Å²) in [5, 5.41) is 11.9. The minimum absolute atomic E-state index is 0.0523. The minimum Gasteiger partial charge on any atom is -0.490 e. The number of benzene rings is 2. The number of thioether (sulfide) groups is 1. The lowest BCUT2D eigenvalue weighted by Gasteiger charge is -2.12. The maximum atomic E-state index is 12.4. The number of para-hydroxylation sites is 1. The first-order valence-corrected chi connectivity index (χ1v) is 9.00. The molecule has 0 radical (unpaired) electrons. The molecule has 0 saturated heterocycles. The molecule has 0 saturated carbocycles. The van der Waals surface area contributed by atoms with E-state index in [0.717, 1.165) is 0 Å². The van der Waals surface area contributed by atoms with Gasteiger partial charge in [-0.3, -0.25) is 4.79 Å². The van der Waals surface area contributed by atoms with Gasteiger partial charge in [0.15, 0.2) is 0 Å². The molecule has 27 heavy (non-hydrogen) atoms. The van der Waals surface area contributed by atoms with E-state index in [9.17, 15) is 18.8 Å². The molecule has 2 rings (SSSR count). The average molecular weight is 388 g/mol. The van der Waals surface area contributed by atoms with Crippen molar-refractivity contribution < 1.29 is 18.3 Å². The summed E-state index contributed by atoms with van der Waals surface area (Å²) in [7, 11) is 0. The van der Waals surface area contributed by atoms with E-state index >= 15 is 0 Å². The van der Waals surface area contributed by atoms with Gasteiger partial charge in [0.25, 0.3) is 11.7 Å². The number of nitriles is 1. The molecule has 1 amide bonds. The number of nitrogens with one attached hydrogen (secondary N) is 1. The van der Waals surface area contributed by atoms with Gasteiger partial charge in [-0.1, -0.05) is 30.0 Å². The highest BCUT2D eigenvalue weighted by atomic mass is 32.2. The Morgan fingerprint density at radius 3 is 2.44 bits per heavy atom. The van der Waals surface area contributed by atoms with Gasteiger partial charge in [0, 0.05) is 16.1 Å². The third kappa shape index (κ3) is 6.42. The van der Waals surface area contributed by atoms with E-state index in [-0.39, 0.29) is 11.7 Å². The van der Waals surface area contributed by atoms with Gasteiger partial charge >= 0.3 is 0 Å². The van der Waals surface area contributed by atoms with E-state index in [1.54, 1.807) is 24.3 Å². The van der Waals surface area contributed by atoms with Crippen LogP contribution in [0.25, 0.3) is 6.08 Å². The Balaban J connectivity index is 2.17. The van der Waals surface area contributed by atoms with Crippen LogP contribution in [-0.4, -0.2) is 17.8 Å². The number of ether oxygens (including phenoxy) is 1. The first-order chi connectivity index (χ1) is 12.9. The number of hydrogen-bond acceptors (Lipinski definition) is 4. The van der Waals surface area contributed by atoms with Gasteiger partial charge in [-0.25, -0.2) is 0 Å². The average Bonchev–Trinajstić information content (AvgIpc) is 2.61. The Morgan fingerprint density at radius 1 is 1.19 bits per heavy atom. The van der Waals surface area contributed by atoms with Crippen LogP contribution in [0.3, 0.4) is 0 Å². The van der Waals surface area contributed by atoms with E-state index in [2.05, 4.69) is 5.32 Å². The predicted octanol–water partition coefficient (Wildman–Crippen LogP) is 5.33. The molecule has 0 spiro atoms. The van der Waals surface area contributed by atoms with Crippen LogP contribution in [0.5, 0.6) is 5.75 Å². The summed E-state index contributed by atoms with van der Waals surface area (Å²) in [6, 6.07) is 15.0. The van der Waals surface area contributed by atoms with E-state index in [1.165, 1.54) is 30.3 Å². The fourth-order valence-electron chi connectivity index (χ4n) is 2.18. The maximum absolute atomic E-state index is 12.4. The van der Waals surface area contributed by atoms with Crippen LogP contribution in [0, 0.1) is 11.3 Å². The summed E-state index contributed by atoms with van der Waals surface area (Å²) in [6.45, 7) is 3.77.